The summed E-state index contributed by atoms with van der Waals surface area (Å²) >= 11 is 5.89. The van der Waals surface area contributed by atoms with E-state index in [-0.39, 0.29) is 10.6 Å². The van der Waals surface area contributed by atoms with E-state index in [1.807, 2.05) is 0 Å². The van der Waals surface area contributed by atoms with Gasteiger partial charge in [0.15, 0.2) is 0 Å². The molecule has 1 aliphatic heterocycles. The topological polar surface area (TPSA) is 67.6 Å². The molecule has 6 nitrogen and oxygen atoms in total. The number of ether oxygens (including phenoxy) is 1. The van der Waals surface area contributed by atoms with Crippen molar-refractivity contribution < 1.29 is 9.66 Å². The molecule has 116 valence electrons. The molecule has 0 unspecified atom stereocenters. The van der Waals surface area contributed by atoms with Gasteiger partial charge in [-0.1, -0.05) is 11.6 Å². The second kappa shape index (κ2) is 8.29. The highest BCUT2D eigenvalue weighted by Gasteiger charge is 2.13. The minimum Gasteiger partial charge on any atom is -0.379 e. The third kappa shape index (κ3) is 5.24. The molecule has 0 radical (unpaired) electrons. The van der Waals surface area contributed by atoms with E-state index in [9.17, 15) is 10.1 Å². The quantitative estimate of drug-likeness (QED) is 0.474. The van der Waals surface area contributed by atoms with Crippen molar-refractivity contribution in [3.8, 4) is 0 Å². The minimum absolute atomic E-state index is 0.111. The molecule has 0 saturated carbocycles. The molecular weight excluding hydrogens is 294 g/mol. The number of nitrogens with one attached hydrogen (secondary N) is 1. The highest BCUT2D eigenvalue weighted by molar-refractivity contribution is 6.30. The molecule has 0 spiro atoms. The first kappa shape index (κ1) is 16.2. The summed E-state index contributed by atoms with van der Waals surface area (Å²) in [4.78, 5) is 12.9. The van der Waals surface area contributed by atoms with Gasteiger partial charge in [-0.15, -0.1) is 0 Å². The molecule has 21 heavy (non-hydrogen) atoms. The molecule has 1 fully saturated rings. The van der Waals surface area contributed by atoms with Gasteiger partial charge in [0.2, 0.25) is 0 Å². The number of nitrogens with zero attached hydrogens (tertiary/aromatic N) is 2. The average molecular weight is 314 g/mol. The van der Waals surface area contributed by atoms with Gasteiger partial charge < -0.3 is 10.1 Å². The molecule has 0 bridgehead atoms. The molecule has 0 atom stereocenters. The van der Waals surface area contributed by atoms with Crippen molar-refractivity contribution in [2.45, 2.75) is 13.0 Å². The van der Waals surface area contributed by atoms with Crippen molar-refractivity contribution in [2.75, 3.05) is 39.4 Å². The third-order valence-electron chi connectivity index (χ3n) is 3.49. The van der Waals surface area contributed by atoms with Gasteiger partial charge in [-0.2, -0.15) is 0 Å². The zero-order valence-corrected chi connectivity index (χ0v) is 12.6. The Labute approximate surface area is 129 Å². The molecule has 1 heterocycles. The van der Waals surface area contributed by atoms with E-state index in [1.54, 1.807) is 12.1 Å². The lowest BCUT2D eigenvalue weighted by atomic mass is 10.2. The molecule has 0 aliphatic carbocycles. The summed E-state index contributed by atoms with van der Waals surface area (Å²) in [5.74, 6) is 0. The Morgan fingerprint density at radius 3 is 2.86 bits per heavy atom. The first-order chi connectivity index (χ1) is 10.2. The maximum absolute atomic E-state index is 10.9. The van der Waals surface area contributed by atoms with E-state index < -0.39 is 0 Å². The van der Waals surface area contributed by atoms with Gasteiger partial charge >= 0.3 is 0 Å². The fraction of sp³-hybridized carbons (Fsp3) is 0.571. The number of rotatable bonds is 7. The lowest BCUT2D eigenvalue weighted by molar-refractivity contribution is -0.385. The number of nitro benzene ring substituents is 1. The summed E-state index contributed by atoms with van der Waals surface area (Å²) in [5.41, 5.74) is 0.735. The smallest absolute Gasteiger partial charge is 0.273 e. The van der Waals surface area contributed by atoms with E-state index in [4.69, 9.17) is 16.3 Å². The number of nitro groups is 1. The maximum atomic E-state index is 10.9. The second-order valence-corrected chi connectivity index (χ2v) is 5.45. The first-order valence-electron chi connectivity index (χ1n) is 7.10. The molecule has 1 aromatic rings. The molecule has 1 aliphatic rings. The Balaban J connectivity index is 1.73. The number of hydrogen-bond donors (Lipinski definition) is 1. The maximum Gasteiger partial charge on any atom is 0.273 e. The Morgan fingerprint density at radius 1 is 1.38 bits per heavy atom. The zero-order chi connectivity index (χ0) is 15.1. The van der Waals surface area contributed by atoms with Crippen LogP contribution in [0.3, 0.4) is 0 Å². The van der Waals surface area contributed by atoms with Crippen LogP contribution in [0.1, 0.15) is 12.0 Å². The van der Waals surface area contributed by atoms with E-state index in [0.717, 1.165) is 45.8 Å². The van der Waals surface area contributed by atoms with Crippen LogP contribution < -0.4 is 5.32 Å². The molecule has 1 saturated heterocycles. The predicted octanol–water partition coefficient (Wildman–Crippen LogP) is 2.06. The summed E-state index contributed by atoms with van der Waals surface area (Å²) < 4.78 is 5.30. The summed E-state index contributed by atoms with van der Waals surface area (Å²) in [6, 6.07) is 4.64. The van der Waals surface area contributed by atoms with Gasteiger partial charge in [0.05, 0.1) is 18.1 Å². The Kier molecular flexibility index (Phi) is 6.38. The number of benzene rings is 1. The molecule has 7 heteroatoms. The van der Waals surface area contributed by atoms with Crippen LogP contribution in [0, 0.1) is 10.1 Å². The van der Waals surface area contributed by atoms with Gasteiger partial charge in [-0.05, 0) is 31.6 Å². The van der Waals surface area contributed by atoms with Crippen LogP contribution in [-0.4, -0.2) is 49.2 Å². The van der Waals surface area contributed by atoms with Crippen molar-refractivity contribution in [3.05, 3.63) is 38.9 Å². The summed E-state index contributed by atoms with van der Waals surface area (Å²) in [7, 11) is 0. The van der Waals surface area contributed by atoms with E-state index >= 15 is 0 Å². The fourth-order valence-electron chi connectivity index (χ4n) is 2.35. The van der Waals surface area contributed by atoms with Crippen molar-refractivity contribution in [1.29, 1.82) is 0 Å². The Hall–Kier alpha value is -1.21. The van der Waals surface area contributed by atoms with Crippen LogP contribution in [0.25, 0.3) is 0 Å². The number of halogens is 1. The van der Waals surface area contributed by atoms with Crippen LogP contribution in [0.15, 0.2) is 18.2 Å². The molecular formula is C14H20ClN3O3. The van der Waals surface area contributed by atoms with Crippen molar-refractivity contribution in [2.24, 2.45) is 0 Å². The molecule has 2 rings (SSSR count). The lowest BCUT2D eigenvalue weighted by Crippen LogP contribution is -2.37. The van der Waals surface area contributed by atoms with Gasteiger partial charge in [-0.3, -0.25) is 15.0 Å². The lowest BCUT2D eigenvalue weighted by Gasteiger charge is -2.26. The van der Waals surface area contributed by atoms with Crippen molar-refractivity contribution in [1.82, 2.24) is 10.2 Å². The Morgan fingerprint density at radius 2 is 2.14 bits per heavy atom. The zero-order valence-electron chi connectivity index (χ0n) is 11.9. The minimum atomic E-state index is -0.374. The van der Waals surface area contributed by atoms with Gasteiger partial charge in [0.1, 0.15) is 0 Å². The van der Waals surface area contributed by atoms with E-state index in [0.29, 0.717) is 17.1 Å². The number of morpholine rings is 1. The van der Waals surface area contributed by atoms with Gasteiger partial charge in [-0.25, -0.2) is 0 Å². The summed E-state index contributed by atoms with van der Waals surface area (Å²) in [5, 5.41) is 14.7. The average Bonchev–Trinajstić information content (AvgIpc) is 2.48. The standard InChI is InChI=1S/C14H20ClN3O3/c15-13-2-3-14(18(19)20)12(10-13)11-16-4-1-5-17-6-8-21-9-7-17/h2-3,10,16H,1,4-9,11H2. The number of hydrogen-bond acceptors (Lipinski definition) is 5. The highest BCUT2D eigenvalue weighted by atomic mass is 35.5. The molecule has 0 amide bonds. The predicted molar refractivity (Wildman–Crippen MR) is 81.7 cm³/mol. The monoisotopic (exact) mass is 313 g/mol. The van der Waals surface area contributed by atoms with Crippen LogP contribution in [0.4, 0.5) is 5.69 Å². The van der Waals surface area contributed by atoms with Gasteiger partial charge in [0, 0.05) is 36.3 Å². The van der Waals surface area contributed by atoms with Crippen LogP contribution in [0.2, 0.25) is 5.02 Å². The van der Waals surface area contributed by atoms with E-state index in [1.165, 1.54) is 6.07 Å². The molecule has 1 N–H and O–H groups in total. The largest absolute Gasteiger partial charge is 0.379 e. The van der Waals surface area contributed by atoms with Crippen LogP contribution in [0.5, 0.6) is 0 Å². The summed E-state index contributed by atoms with van der Waals surface area (Å²) in [6.07, 6.45) is 1.01. The molecule has 1 aromatic carbocycles. The fourth-order valence-corrected chi connectivity index (χ4v) is 2.54. The second-order valence-electron chi connectivity index (χ2n) is 5.01. The van der Waals surface area contributed by atoms with Gasteiger partial charge in [0.25, 0.3) is 5.69 Å². The third-order valence-corrected chi connectivity index (χ3v) is 3.72. The van der Waals surface area contributed by atoms with Crippen molar-refractivity contribution in [3.63, 3.8) is 0 Å². The molecule has 0 aromatic heterocycles. The first-order valence-corrected chi connectivity index (χ1v) is 7.48. The summed E-state index contributed by atoms with van der Waals surface area (Å²) in [6.45, 7) is 5.89. The van der Waals surface area contributed by atoms with Crippen molar-refractivity contribution >= 4 is 17.3 Å². The van der Waals surface area contributed by atoms with Crippen LogP contribution in [-0.2, 0) is 11.3 Å². The highest BCUT2D eigenvalue weighted by Crippen LogP contribution is 2.22. The van der Waals surface area contributed by atoms with E-state index in [2.05, 4.69) is 10.2 Å². The van der Waals surface area contributed by atoms with Crippen LogP contribution >= 0.6 is 11.6 Å². The SMILES string of the molecule is O=[N+]([O-])c1ccc(Cl)cc1CNCCCN1CCOCC1. The normalized spacial score (nSPS) is 16.0. The Bertz CT molecular complexity index is 479.